The van der Waals surface area contributed by atoms with Gasteiger partial charge in [-0.25, -0.2) is 14.4 Å². The number of hydrogen-bond donors (Lipinski definition) is 2. The van der Waals surface area contributed by atoms with E-state index in [1.807, 2.05) is 0 Å². The van der Waals surface area contributed by atoms with Crippen LogP contribution in [0.2, 0.25) is 0 Å². The van der Waals surface area contributed by atoms with Crippen LogP contribution >= 0.6 is 0 Å². The van der Waals surface area contributed by atoms with Crippen LogP contribution in [-0.4, -0.2) is 60.2 Å². The van der Waals surface area contributed by atoms with E-state index in [4.69, 9.17) is 4.74 Å². The molecular formula is C18H22FN5O2. The van der Waals surface area contributed by atoms with Crippen LogP contribution in [0.1, 0.15) is 16.1 Å². The normalized spacial score (nSPS) is 14.8. The second kappa shape index (κ2) is 9.21. The molecule has 0 radical (unpaired) electrons. The van der Waals surface area contributed by atoms with E-state index < -0.39 is 0 Å². The van der Waals surface area contributed by atoms with Crippen LogP contribution in [0.25, 0.3) is 0 Å². The topological polar surface area (TPSA) is 79.4 Å². The SMILES string of the molecule is O=C(NCCN1CCOCC1)c1ccnc(NCc2ccccc2F)n1. The van der Waals surface area contributed by atoms with E-state index in [1.165, 1.54) is 12.3 Å². The Hall–Kier alpha value is -2.58. The van der Waals surface area contributed by atoms with E-state index in [0.717, 1.165) is 32.8 Å². The Bertz CT molecular complexity index is 737. The molecular weight excluding hydrogens is 337 g/mol. The Morgan fingerprint density at radius 2 is 2.04 bits per heavy atom. The van der Waals surface area contributed by atoms with Crippen molar-refractivity contribution in [3.8, 4) is 0 Å². The van der Waals surface area contributed by atoms with Crippen molar-refractivity contribution in [2.75, 3.05) is 44.7 Å². The minimum Gasteiger partial charge on any atom is -0.379 e. The molecule has 0 unspecified atom stereocenters. The maximum absolute atomic E-state index is 13.6. The van der Waals surface area contributed by atoms with E-state index in [2.05, 4.69) is 25.5 Å². The van der Waals surface area contributed by atoms with Crippen molar-refractivity contribution >= 4 is 11.9 Å². The molecule has 8 heteroatoms. The summed E-state index contributed by atoms with van der Waals surface area (Å²) in [4.78, 5) is 22.7. The van der Waals surface area contributed by atoms with Gasteiger partial charge in [-0.2, -0.15) is 0 Å². The van der Waals surface area contributed by atoms with Crippen LogP contribution in [0.3, 0.4) is 0 Å². The smallest absolute Gasteiger partial charge is 0.270 e. The molecule has 26 heavy (non-hydrogen) atoms. The molecule has 0 saturated carbocycles. The first-order valence-electron chi connectivity index (χ1n) is 8.61. The number of benzene rings is 1. The number of anilines is 1. The molecule has 1 aliphatic heterocycles. The van der Waals surface area contributed by atoms with Crippen LogP contribution in [0, 0.1) is 5.82 Å². The van der Waals surface area contributed by atoms with E-state index in [9.17, 15) is 9.18 Å². The van der Waals surface area contributed by atoms with Crippen molar-refractivity contribution < 1.29 is 13.9 Å². The second-order valence-corrected chi connectivity index (χ2v) is 5.92. The van der Waals surface area contributed by atoms with E-state index in [1.54, 1.807) is 24.3 Å². The third kappa shape index (κ3) is 5.21. The zero-order valence-corrected chi connectivity index (χ0v) is 14.4. The maximum atomic E-state index is 13.6. The number of carbonyl (C=O) groups is 1. The Balaban J connectivity index is 1.49. The van der Waals surface area contributed by atoms with Gasteiger partial charge in [-0.3, -0.25) is 9.69 Å². The molecule has 138 valence electrons. The second-order valence-electron chi connectivity index (χ2n) is 5.92. The third-order valence-electron chi connectivity index (χ3n) is 4.10. The van der Waals surface area contributed by atoms with Crippen LogP contribution in [0.5, 0.6) is 0 Å². The van der Waals surface area contributed by atoms with Gasteiger partial charge in [0.25, 0.3) is 5.91 Å². The third-order valence-corrected chi connectivity index (χ3v) is 4.10. The summed E-state index contributed by atoms with van der Waals surface area (Å²) in [5.74, 6) is -0.263. The molecule has 1 fully saturated rings. The average molecular weight is 359 g/mol. The Morgan fingerprint density at radius 3 is 2.85 bits per heavy atom. The first kappa shape index (κ1) is 18.2. The van der Waals surface area contributed by atoms with Crippen LogP contribution in [0.15, 0.2) is 36.5 Å². The number of rotatable bonds is 7. The number of aromatic nitrogens is 2. The highest BCUT2D eigenvalue weighted by atomic mass is 19.1. The van der Waals surface area contributed by atoms with Gasteiger partial charge >= 0.3 is 0 Å². The zero-order chi connectivity index (χ0) is 18.2. The Morgan fingerprint density at radius 1 is 1.23 bits per heavy atom. The number of carbonyl (C=O) groups excluding carboxylic acids is 1. The van der Waals surface area contributed by atoms with Gasteiger partial charge < -0.3 is 15.4 Å². The lowest BCUT2D eigenvalue weighted by atomic mass is 10.2. The predicted octanol–water partition coefficient (Wildman–Crippen LogP) is 1.29. The van der Waals surface area contributed by atoms with Gasteiger partial charge in [0, 0.05) is 44.5 Å². The summed E-state index contributed by atoms with van der Waals surface area (Å²) in [6.07, 6.45) is 1.51. The summed E-state index contributed by atoms with van der Waals surface area (Å²) >= 11 is 0. The maximum Gasteiger partial charge on any atom is 0.270 e. The number of nitrogens with zero attached hydrogens (tertiary/aromatic N) is 3. The number of hydrogen-bond acceptors (Lipinski definition) is 6. The Labute approximate surface area is 151 Å². The molecule has 2 aromatic rings. The summed E-state index contributed by atoms with van der Waals surface area (Å²) in [5, 5.41) is 5.80. The average Bonchev–Trinajstić information content (AvgIpc) is 2.68. The number of halogens is 1. The molecule has 7 nitrogen and oxygen atoms in total. The zero-order valence-electron chi connectivity index (χ0n) is 14.4. The van der Waals surface area contributed by atoms with Gasteiger partial charge in [-0.1, -0.05) is 18.2 Å². The lowest BCUT2D eigenvalue weighted by molar-refractivity contribution is 0.0383. The summed E-state index contributed by atoms with van der Waals surface area (Å²) in [6.45, 7) is 4.79. The van der Waals surface area contributed by atoms with Crippen molar-refractivity contribution in [1.82, 2.24) is 20.2 Å². The van der Waals surface area contributed by atoms with Crippen molar-refractivity contribution in [3.63, 3.8) is 0 Å². The van der Waals surface area contributed by atoms with Crippen molar-refractivity contribution in [3.05, 3.63) is 53.6 Å². The molecule has 0 aliphatic carbocycles. The standard InChI is InChI=1S/C18H22FN5O2/c19-15-4-2-1-3-14(15)13-22-18-21-6-5-16(23-18)17(25)20-7-8-24-9-11-26-12-10-24/h1-6H,7-13H2,(H,20,25)(H,21,22,23). The molecule has 1 aromatic heterocycles. The minimum atomic E-state index is -0.294. The van der Waals surface area contributed by atoms with Crippen LogP contribution in [0.4, 0.5) is 10.3 Å². The van der Waals surface area contributed by atoms with Crippen molar-refractivity contribution in [2.24, 2.45) is 0 Å². The van der Waals surface area contributed by atoms with Crippen LogP contribution in [-0.2, 0) is 11.3 Å². The molecule has 1 saturated heterocycles. The summed E-state index contributed by atoms with van der Waals surface area (Å²) < 4.78 is 18.9. The molecule has 3 rings (SSSR count). The van der Waals surface area contributed by atoms with Crippen molar-refractivity contribution in [1.29, 1.82) is 0 Å². The van der Waals surface area contributed by atoms with E-state index >= 15 is 0 Å². The number of ether oxygens (including phenoxy) is 1. The Kier molecular flexibility index (Phi) is 6.45. The molecule has 0 bridgehead atoms. The highest BCUT2D eigenvalue weighted by molar-refractivity contribution is 5.92. The molecule has 0 spiro atoms. The largest absolute Gasteiger partial charge is 0.379 e. The highest BCUT2D eigenvalue weighted by Gasteiger charge is 2.12. The van der Waals surface area contributed by atoms with Gasteiger partial charge in [0.15, 0.2) is 0 Å². The number of nitrogens with one attached hydrogen (secondary N) is 2. The first-order chi connectivity index (χ1) is 12.7. The van der Waals surface area contributed by atoms with Gasteiger partial charge in [0.1, 0.15) is 11.5 Å². The van der Waals surface area contributed by atoms with Gasteiger partial charge in [-0.15, -0.1) is 0 Å². The molecule has 1 aliphatic rings. The van der Waals surface area contributed by atoms with Gasteiger partial charge in [0.05, 0.1) is 13.2 Å². The predicted molar refractivity (Wildman–Crippen MR) is 95.4 cm³/mol. The monoisotopic (exact) mass is 359 g/mol. The number of amides is 1. The van der Waals surface area contributed by atoms with E-state index in [0.29, 0.717) is 12.1 Å². The van der Waals surface area contributed by atoms with E-state index in [-0.39, 0.29) is 29.9 Å². The van der Waals surface area contributed by atoms with Gasteiger partial charge in [-0.05, 0) is 12.1 Å². The first-order valence-corrected chi connectivity index (χ1v) is 8.61. The summed E-state index contributed by atoms with van der Waals surface area (Å²) in [7, 11) is 0. The molecule has 1 aromatic carbocycles. The van der Waals surface area contributed by atoms with Crippen molar-refractivity contribution in [2.45, 2.75) is 6.54 Å². The molecule has 2 N–H and O–H groups in total. The lowest BCUT2D eigenvalue weighted by Crippen LogP contribution is -2.41. The van der Waals surface area contributed by atoms with Gasteiger partial charge in [0.2, 0.25) is 5.95 Å². The summed E-state index contributed by atoms with van der Waals surface area (Å²) in [5.41, 5.74) is 0.787. The van der Waals surface area contributed by atoms with Crippen LogP contribution < -0.4 is 10.6 Å². The highest BCUT2D eigenvalue weighted by Crippen LogP contribution is 2.09. The summed E-state index contributed by atoms with van der Waals surface area (Å²) in [6, 6.07) is 8.04. The molecule has 2 heterocycles. The molecule has 1 amide bonds. The number of morpholine rings is 1. The fourth-order valence-electron chi connectivity index (χ4n) is 2.63. The fraction of sp³-hybridized carbons (Fsp3) is 0.389. The fourth-order valence-corrected chi connectivity index (χ4v) is 2.63. The lowest BCUT2D eigenvalue weighted by Gasteiger charge is -2.26. The minimum absolute atomic E-state index is 0.245. The molecule has 0 atom stereocenters. The quantitative estimate of drug-likeness (QED) is 0.776.